The molecule has 4 rings (SSSR count). The number of rotatable bonds is 6. The fourth-order valence-electron chi connectivity index (χ4n) is 3.98. The third kappa shape index (κ3) is 4.65. The number of ether oxygens (including phenoxy) is 1. The van der Waals surface area contributed by atoms with Crippen LogP contribution in [0.1, 0.15) is 36.4 Å². The number of carbonyl (C=O) groups is 1. The largest absolute Gasteiger partial charge is 0.420 e. The van der Waals surface area contributed by atoms with E-state index in [4.69, 9.17) is 22.2 Å². The summed E-state index contributed by atoms with van der Waals surface area (Å²) in [5.41, 5.74) is -4.67. The van der Waals surface area contributed by atoms with Crippen molar-refractivity contribution < 1.29 is 31.5 Å². The Kier molecular flexibility index (Phi) is 6.74. The minimum atomic E-state index is -5.19. The fourth-order valence-corrected chi connectivity index (χ4v) is 4.49. The number of thiocarbonyl (C=S) groups is 1. The molecule has 7 nitrogen and oxygen atoms in total. The monoisotopic (exact) mass is 535 g/mol. The molecule has 1 fully saturated rings. The minimum Gasteiger partial charge on any atom is -0.369 e. The predicted molar refractivity (Wildman–Crippen MR) is 126 cm³/mol. The van der Waals surface area contributed by atoms with Crippen molar-refractivity contribution in [2.75, 3.05) is 9.80 Å². The number of amides is 1. The Morgan fingerprint density at radius 1 is 1.19 bits per heavy atom. The zero-order chi connectivity index (χ0) is 27.1. The van der Waals surface area contributed by atoms with Gasteiger partial charge in [-0.2, -0.15) is 18.4 Å². The van der Waals surface area contributed by atoms with E-state index in [1.165, 1.54) is 36.9 Å². The van der Waals surface area contributed by atoms with Crippen molar-refractivity contribution in [3.8, 4) is 6.07 Å². The lowest BCUT2D eigenvalue weighted by Crippen LogP contribution is -2.44. The van der Waals surface area contributed by atoms with Gasteiger partial charge in [-0.15, -0.1) is 0 Å². The van der Waals surface area contributed by atoms with Crippen LogP contribution in [0.5, 0.6) is 0 Å². The van der Waals surface area contributed by atoms with Gasteiger partial charge in [0.25, 0.3) is 5.91 Å². The van der Waals surface area contributed by atoms with Gasteiger partial charge in [0, 0.05) is 23.6 Å². The van der Waals surface area contributed by atoms with E-state index in [0.29, 0.717) is 10.7 Å². The van der Waals surface area contributed by atoms with Crippen molar-refractivity contribution >= 4 is 34.6 Å². The number of hydrogen-bond donors (Lipinski definition) is 1. The van der Waals surface area contributed by atoms with Crippen LogP contribution in [0.25, 0.3) is 0 Å². The topological polar surface area (TPSA) is 85.2 Å². The molecule has 1 saturated heterocycles. The van der Waals surface area contributed by atoms with Gasteiger partial charge in [0.05, 0.1) is 23.9 Å². The third-order valence-electron chi connectivity index (χ3n) is 5.78. The molecule has 192 valence electrons. The second-order valence-corrected chi connectivity index (χ2v) is 8.92. The van der Waals surface area contributed by atoms with Crippen LogP contribution in [0.15, 0.2) is 42.7 Å². The van der Waals surface area contributed by atoms with Crippen molar-refractivity contribution in [3.63, 3.8) is 0 Å². The second kappa shape index (κ2) is 9.53. The molecule has 0 atom stereocenters. The Morgan fingerprint density at radius 2 is 1.92 bits per heavy atom. The standard InChI is InChI=1S/C24H18F5N5O2S/c1-23(2)21(35)33(17-6-4-13(10-30)19(20(17)26)24(27,28)29)22(37)34(23)15-5-3-14(16(25)9-15)11-36-12-18-31-7-8-32-18/h3-9H,11-12H2,1-2H3,(H,31,32). The van der Waals surface area contributed by atoms with Crippen LogP contribution in [0.2, 0.25) is 0 Å². The van der Waals surface area contributed by atoms with Gasteiger partial charge in [-0.3, -0.25) is 9.69 Å². The molecule has 1 aromatic heterocycles. The molecule has 0 spiro atoms. The number of benzene rings is 2. The summed E-state index contributed by atoms with van der Waals surface area (Å²) < 4.78 is 76.0. The van der Waals surface area contributed by atoms with Crippen LogP contribution < -0.4 is 9.80 Å². The first-order chi connectivity index (χ1) is 17.4. The number of H-pyrrole nitrogens is 1. The lowest BCUT2D eigenvalue weighted by Gasteiger charge is -2.29. The maximum absolute atomic E-state index is 15.1. The van der Waals surface area contributed by atoms with Crippen LogP contribution in [0.4, 0.5) is 33.3 Å². The normalized spacial score (nSPS) is 15.4. The molecule has 2 heterocycles. The van der Waals surface area contributed by atoms with Crippen LogP contribution in [-0.4, -0.2) is 26.5 Å². The van der Waals surface area contributed by atoms with Gasteiger partial charge in [-0.1, -0.05) is 6.07 Å². The lowest BCUT2D eigenvalue weighted by molar-refractivity contribution is -0.140. The number of nitriles is 1. The van der Waals surface area contributed by atoms with Crippen molar-refractivity contribution in [2.45, 2.75) is 38.8 Å². The molecule has 1 amide bonds. The summed E-state index contributed by atoms with van der Waals surface area (Å²) in [6.07, 6.45) is -2.03. The van der Waals surface area contributed by atoms with Crippen molar-refractivity contribution in [2.24, 2.45) is 0 Å². The summed E-state index contributed by atoms with van der Waals surface area (Å²) in [7, 11) is 0. The predicted octanol–water partition coefficient (Wildman–Crippen LogP) is 5.21. The second-order valence-electron chi connectivity index (χ2n) is 8.55. The summed E-state index contributed by atoms with van der Waals surface area (Å²) in [6, 6.07) is 6.95. The number of nitrogens with zero attached hydrogens (tertiary/aromatic N) is 4. The number of alkyl halides is 3. The van der Waals surface area contributed by atoms with E-state index in [1.54, 1.807) is 12.4 Å². The van der Waals surface area contributed by atoms with Crippen molar-refractivity contribution in [3.05, 3.63) is 76.9 Å². The minimum absolute atomic E-state index is 0.0810. The van der Waals surface area contributed by atoms with Gasteiger partial charge in [-0.25, -0.2) is 13.8 Å². The molecule has 0 saturated carbocycles. The molecule has 1 aliphatic heterocycles. The highest BCUT2D eigenvalue weighted by atomic mass is 32.1. The number of halogens is 5. The maximum atomic E-state index is 15.1. The molecule has 0 aliphatic carbocycles. The van der Waals surface area contributed by atoms with Crippen LogP contribution in [0.3, 0.4) is 0 Å². The molecule has 0 bridgehead atoms. The van der Waals surface area contributed by atoms with Crippen LogP contribution >= 0.6 is 12.2 Å². The Bertz CT molecular complexity index is 1420. The number of aromatic amines is 1. The van der Waals surface area contributed by atoms with E-state index in [-0.39, 0.29) is 29.6 Å². The van der Waals surface area contributed by atoms with Crippen molar-refractivity contribution in [1.29, 1.82) is 5.26 Å². The van der Waals surface area contributed by atoms with Gasteiger partial charge >= 0.3 is 6.18 Å². The Balaban J connectivity index is 1.66. The van der Waals surface area contributed by atoms with Crippen molar-refractivity contribution in [1.82, 2.24) is 9.97 Å². The molecule has 0 radical (unpaired) electrons. The molecule has 0 unspecified atom stereocenters. The fraction of sp³-hybridized carbons (Fsp3) is 0.250. The van der Waals surface area contributed by atoms with Gasteiger partial charge < -0.3 is 14.6 Å². The highest BCUT2D eigenvalue weighted by Gasteiger charge is 2.52. The first kappa shape index (κ1) is 26.2. The molecular weight excluding hydrogens is 517 g/mol. The molecule has 1 aliphatic rings. The maximum Gasteiger partial charge on any atom is 0.420 e. The number of hydrogen-bond acceptors (Lipinski definition) is 5. The highest BCUT2D eigenvalue weighted by molar-refractivity contribution is 7.81. The molecular formula is C24H18F5N5O2S. The highest BCUT2D eigenvalue weighted by Crippen LogP contribution is 2.42. The molecule has 13 heteroatoms. The number of carbonyl (C=O) groups excluding carboxylic acids is 1. The summed E-state index contributed by atoms with van der Waals surface area (Å²) in [6.45, 7) is 2.89. The van der Waals surface area contributed by atoms with E-state index in [2.05, 4.69) is 9.97 Å². The lowest BCUT2D eigenvalue weighted by atomic mass is 10.0. The summed E-state index contributed by atoms with van der Waals surface area (Å²) in [5, 5.41) is 8.66. The van der Waals surface area contributed by atoms with Gasteiger partial charge in [-0.05, 0) is 50.3 Å². The van der Waals surface area contributed by atoms with Gasteiger partial charge in [0.2, 0.25) is 0 Å². The SMILES string of the molecule is CC1(C)C(=O)N(c2ccc(C#N)c(C(F)(F)F)c2F)C(=S)N1c1ccc(COCc2ncc[nH]2)c(F)c1. The Morgan fingerprint density at radius 3 is 2.51 bits per heavy atom. The van der Waals surface area contributed by atoms with Gasteiger partial charge in [0.1, 0.15) is 29.4 Å². The molecule has 37 heavy (non-hydrogen) atoms. The smallest absolute Gasteiger partial charge is 0.369 e. The first-order valence-corrected chi connectivity index (χ1v) is 11.1. The average molecular weight is 535 g/mol. The van der Waals surface area contributed by atoms with E-state index >= 15 is 4.39 Å². The molecule has 3 aromatic rings. The zero-order valence-electron chi connectivity index (χ0n) is 19.4. The first-order valence-electron chi connectivity index (χ1n) is 10.7. The summed E-state index contributed by atoms with van der Waals surface area (Å²) in [4.78, 5) is 22.0. The molecule has 1 N–H and O–H groups in total. The quantitative estimate of drug-likeness (QED) is 0.345. The zero-order valence-corrected chi connectivity index (χ0v) is 20.2. The van der Waals surface area contributed by atoms with Crippen LogP contribution in [-0.2, 0) is 28.9 Å². The van der Waals surface area contributed by atoms with Gasteiger partial charge in [0.15, 0.2) is 10.9 Å². The average Bonchev–Trinajstić information content (AvgIpc) is 3.39. The number of nitrogens with one attached hydrogen (secondary N) is 1. The van der Waals surface area contributed by atoms with E-state index in [1.807, 2.05) is 0 Å². The van der Waals surface area contributed by atoms with E-state index < -0.39 is 46.1 Å². The number of anilines is 2. The number of aromatic nitrogens is 2. The van der Waals surface area contributed by atoms with E-state index in [9.17, 15) is 22.4 Å². The Hall–Kier alpha value is -3.89. The third-order valence-corrected chi connectivity index (χ3v) is 6.15. The summed E-state index contributed by atoms with van der Waals surface area (Å²) >= 11 is 5.36. The number of imidazole rings is 1. The Labute approximate surface area is 213 Å². The van der Waals surface area contributed by atoms with E-state index in [0.717, 1.165) is 18.2 Å². The van der Waals surface area contributed by atoms with Crippen LogP contribution in [0, 0.1) is 23.0 Å². The molecule has 2 aromatic carbocycles. The summed E-state index contributed by atoms with van der Waals surface area (Å²) in [5.74, 6) is -2.76.